The highest BCUT2D eigenvalue weighted by Crippen LogP contribution is 2.40. The Kier molecular flexibility index (Phi) is 6.29. The molecule has 3 aromatic rings. The molecular weight excluding hydrogens is 444 g/mol. The van der Waals surface area contributed by atoms with Crippen LogP contribution in [0.5, 0.6) is 11.5 Å². The van der Waals surface area contributed by atoms with E-state index in [9.17, 15) is 17.8 Å². The monoisotopic (exact) mass is 470 g/mol. The average Bonchev–Trinajstić information content (AvgIpc) is 2.79. The van der Waals surface area contributed by atoms with Gasteiger partial charge in [0.25, 0.3) is 10.1 Å². The standard InChI is InChI=1S/C24H26N2O6S/c1-31-20-11-16-9-10-26(14-17(16)12-21(20)32-2)19(13-23(25)27)24-18-6-4-3-5-15(18)7-8-22(24)33(28,29)30/h3-8,11-12,19H,9-10,13-14H2,1-2H3,(H2,25,27)(H,28,29,30). The Bertz CT molecular complexity index is 1320. The first kappa shape index (κ1) is 23.0. The molecule has 3 N–H and O–H groups in total. The molecule has 1 amide bonds. The summed E-state index contributed by atoms with van der Waals surface area (Å²) in [5, 5.41) is 1.45. The number of hydrogen-bond donors (Lipinski definition) is 2. The van der Waals surface area contributed by atoms with E-state index in [2.05, 4.69) is 0 Å². The quantitative estimate of drug-likeness (QED) is 0.509. The van der Waals surface area contributed by atoms with Crippen LogP contribution in [0.1, 0.15) is 29.2 Å². The largest absolute Gasteiger partial charge is 0.493 e. The summed E-state index contributed by atoms with van der Waals surface area (Å²) in [5.41, 5.74) is 8.06. The molecule has 3 aromatic carbocycles. The van der Waals surface area contributed by atoms with Crippen LogP contribution in [-0.4, -0.2) is 44.5 Å². The number of rotatable bonds is 7. The van der Waals surface area contributed by atoms with E-state index < -0.39 is 22.1 Å². The van der Waals surface area contributed by atoms with Gasteiger partial charge in [-0.1, -0.05) is 30.3 Å². The van der Waals surface area contributed by atoms with Gasteiger partial charge in [-0.15, -0.1) is 0 Å². The van der Waals surface area contributed by atoms with E-state index in [0.717, 1.165) is 16.5 Å². The Morgan fingerprint density at radius 2 is 1.76 bits per heavy atom. The Labute approximate surface area is 192 Å². The SMILES string of the molecule is COc1cc2c(cc1OC)CN(C(CC(N)=O)c1c(S(=O)(=O)O)ccc3ccccc13)CC2. The maximum atomic E-state index is 12.3. The molecule has 1 heterocycles. The lowest BCUT2D eigenvalue weighted by Gasteiger charge is -2.36. The molecule has 1 aliphatic rings. The third-order valence-electron chi connectivity index (χ3n) is 6.12. The van der Waals surface area contributed by atoms with Gasteiger partial charge in [0.05, 0.1) is 19.1 Å². The molecule has 0 saturated heterocycles. The van der Waals surface area contributed by atoms with Crippen LogP contribution in [-0.2, 0) is 27.9 Å². The highest BCUT2D eigenvalue weighted by atomic mass is 32.2. The average molecular weight is 471 g/mol. The number of ether oxygens (including phenoxy) is 2. The topological polar surface area (TPSA) is 119 Å². The first-order valence-corrected chi connectivity index (χ1v) is 11.9. The van der Waals surface area contributed by atoms with Crippen LogP contribution in [0.4, 0.5) is 0 Å². The van der Waals surface area contributed by atoms with Crippen LogP contribution in [0, 0.1) is 0 Å². The fourth-order valence-corrected chi connectivity index (χ4v) is 5.38. The smallest absolute Gasteiger partial charge is 0.294 e. The highest BCUT2D eigenvalue weighted by molar-refractivity contribution is 7.85. The summed E-state index contributed by atoms with van der Waals surface area (Å²) < 4.78 is 45.5. The molecule has 0 bridgehead atoms. The Morgan fingerprint density at radius 1 is 1.09 bits per heavy atom. The summed E-state index contributed by atoms with van der Waals surface area (Å²) in [7, 11) is -1.39. The Hall–Kier alpha value is -3.14. The molecule has 0 spiro atoms. The van der Waals surface area contributed by atoms with Crippen LogP contribution >= 0.6 is 0 Å². The lowest BCUT2D eigenvalue weighted by Crippen LogP contribution is -2.37. The van der Waals surface area contributed by atoms with Gasteiger partial charge in [0.1, 0.15) is 0 Å². The molecule has 1 aliphatic heterocycles. The minimum absolute atomic E-state index is 0.0981. The van der Waals surface area contributed by atoms with Crippen LogP contribution in [0.2, 0.25) is 0 Å². The van der Waals surface area contributed by atoms with Crippen molar-refractivity contribution in [2.45, 2.75) is 30.3 Å². The third kappa shape index (κ3) is 4.52. The van der Waals surface area contributed by atoms with E-state index >= 15 is 0 Å². The zero-order valence-electron chi connectivity index (χ0n) is 18.4. The fraction of sp³-hybridized carbons (Fsp3) is 0.292. The lowest BCUT2D eigenvalue weighted by atomic mass is 9.91. The maximum Gasteiger partial charge on any atom is 0.294 e. The molecule has 9 heteroatoms. The molecule has 1 unspecified atom stereocenters. The van der Waals surface area contributed by atoms with Crippen molar-refractivity contribution in [3.05, 3.63) is 65.2 Å². The first-order valence-electron chi connectivity index (χ1n) is 10.5. The van der Waals surface area contributed by atoms with Crippen molar-refractivity contribution in [3.63, 3.8) is 0 Å². The van der Waals surface area contributed by atoms with Gasteiger partial charge in [-0.2, -0.15) is 8.42 Å². The van der Waals surface area contributed by atoms with Gasteiger partial charge < -0.3 is 15.2 Å². The Balaban J connectivity index is 1.86. The first-order chi connectivity index (χ1) is 15.7. The second-order valence-corrected chi connectivity index (χ2v) is 9.45. The van der Waals surface area contributed by atoms with Crippen molar-refractivity contribution < 1.29 is 27.2 Å². The minimum atomic E-state index is -4.54. The van der Waals surface area contributed by atoms with Gasteiger partial charge in [0.15, 0.2) is 11.5 Å². The van der Waals surface area contributed by atoms with E-state index in [4.69, 9.17) is 15.2 Å². The van der Waals surface area contributed by atoms with Crippen molar-refractivity contribution in [1.82, 2.24) is 4.90 Å². The van der Waals surface area contributed by atoms with Crippen LogP contribution in [0.15, 0.2) is 53.4 Å². The van der Waals surface area contributed by atoms with Gasteiger partial charge in [0.2, 0.25) is 5.91 Å². The number of primary amides is 1. The van der Waals surface area contributed by atoms with Crippen molar-refractivity contribution in [2.75, 3.05) is 20.8 Å². The summed E-state index contributed by atoms with van der Waals surface area (Å²) in [6.07, 6.45) is 0.566. The maximum absolute atomic E-state index is 12.3. The summed E-state index contributed by atoms with van der Waals surface area (Å²) >= 11 is 0. The fourth-order valence-electron chi connectivity index (χ4n) is 4.62. The summed E-state index contributed by atoms with van der Waals surface area (Å²) in [6, 6.07) is 13.5. The molecule has 0 radical (unpaired) electrons. The predicted molar refractivity (Wildman–Crippen MR) is 124 cm³/mol. The number of carbonyl (C=O) groups is 1. The van der Waals surface area contributed by atoms with Crippen molar-refractivity contribution in [2.24, 2.45) is 5.73 Å². The van der Waals surface area contributed by atoms with Gasteiger partial charge in [0, 0.05) is 25.6 Å². The molecule has 0 aliphatic carbocycles. The van der Waals surface area contributed by atoms with E-state index in [1.54, 1.807) is 32.4 Å². The highest BCUT2D eigenvalue weighted by Gasteiger charge is 2.32. The van der Waals surface area contributed by atoms with Gasteiger partial charge in [-0.25, -0.2) is 0 Å². The molecule has 174 valence electrons. The molecule has 1 atom stereocenters. The molecule has 8 nitrogen and oxygen atoms in total. The molecule has 33 heavy (non-hydrogen) atoms. The van der Waals surface area contributed by atoms with Crippen molar-refractivity contribution in [1.29, 1.82) is 0 Å². The normalized spacial score (nSPS) is 15.1. The second-order valence-electron chi connectivity index (χ2n) is 8.06. The van der Waals surface area contributed by atoms with E-state index in [0.29, 0.717) is 42.0 Å². The number of hydrogen-bond acceptors (Lipinski definition) is 6. The molecule has 4 rings (SSSR count). The van der Waals surface area contributed by atoms with E-state index in [1.807, 2.05) is 29.2 Å². The molecule has 0 aromatic heterocycles. The number of benzene rings is 3. The van der Waals surface area contributed by atoms with Gasteiger partial charge in [-0.3, -0.25) is 14.2 Å². The zero-order valence-corrected chi connectivity index (χ0v) is 19.3. The van der Waals surface area contributed by atoms with Gasteiger partial charge >= 0.3 is 0 Å². The van der Waals surface area contributed by atoms with Crippen molar-refractivity contribution in [3.8, 4) is 11.5 Å². The second kappa shape index (κ2) is 9.01. The number of methoxy groups -OCH3 is 2. The number of amides is 1. The summed E-state index contributed by atoms with van der Waals surface area (Å²) in [4.78, 5) is 13.9. The molecule has 0 fully saturated rings. The molecule has 0 saturated carbocycles. The van der Waals surface area contributed by atoms with Crippen LogP contribution in [0.25, 0.3) is 10.8 Å². The minimum Gasteiger partial charge on any atom is -0.493 e. The zero-order chi connectivity index (χ0) is 23.8. The number of fused-ring (bicyclic) bond motifs is 2. The summed E-state index contributed by atoms with van der Waals surface area (Å²) in [5.74, 6) is 0.668. The lowest BCUT2D eigenvalue weighted by molar-refractivity contribution is -0.119. The number of nitrogens with zero attached hydrogens (tertiary/aromatic N) is 1. The van der Waals surface area contributed by atoms with Crippen LogP contribution < -0.4 is 15.2 Å². The van der Waals surface area contributed by atoms with Crippen LogP contribution in [0.3, 0.4) is 0 Å². The third-order valence-corrected chi connectivity index (χ3v) is 7.04. The van der Waals surface area contributed by atoms with E-state index in [1.165, 1.54) is 6.07 Å². The predicted octanol–water partition coefficient (Wildman–Crippen LogP) is 3.08. The Morgan fingerprint density at radius 3 is 2.39 bits per heavy atom. The number of nitrogens with two attached hydrogens (primary N) is 1. The van der Waals surface area contributed by atoms with E-state index in [-0.39, 0.29) is 11.3 Å². The molecular formula is C24H26N2O6S. The van der Waals surface area contributed by atoms with Gasteiger partial charge in [-0.05, 0) is 52.1 Å². The van der Waals surface area contributed by atoms with Crippen molar-refractivity contribution >= 4 is 26.8 Å². The number of carbonyl (C=O) groups excluding carboxylic acids is 1. The summed E-state index contributed by atoms with van der Waals surface area (Å²) in [6.45, 7) is 1.01.